The van der Waals surface area contributed by atoms with Crippen molar-refractivity contribution >= 4 is 39.0 Å². The highest BCUT2D eigenvalue weighted by Gasteiger charge is 2.18. The molecular formula is C18H15Cl2N3O3S. The normalized spacial score (nSPS) is 11.2. The maximum Gasteiger partial charge on any atom is 0.263 e. The van der Waals surface area contributed by atoms with Crippen molar-refractivity contribution in [3.63, 3.8) is 0 Å². The van der Waals surface area contributed by atoms with E-state index >= 15 is 0 Å². The van der Waals surface area contributed by atoms with Gasteiger partial charge in [-0.1, -0.05) is 40.9 Å². The van der Waals surface area contributed by atoms with Gasteiger partial charge in [0.25, 0.3) is 15.9 Å². The van der Waals surface area contributed by atoms with Crippen LogP contribution in [-0.2, 0) is 16.6 Å². The first-order chi connectivity index (χ1) is 12.8. The summed E-state index contributed by atoms with van der Waals surface area (Å²) in [4.78, 5) is 8.19. The third-order valence-electron chi connectivity index (χ3n) is 3.52. The molecule has 0 unspecified atom stereocenters. The molecule has 0 bridgehead atoms. The minimum absolute atomic E-state index is 0.00815. The second kappa shape index (κ2) is 8.12. The minimum atomic E-state index is -3.82. The first-order valence-electron chi connectivity index (χ1n) is 7.82. The molecule has 0 spiro atoms. The Morgan fingerprint density at radius 2 is 1.63 bits per heavy atom. The lowest BCUT2D eigenvalue weighted by Gasteiger charge is -2.12. The predicted octanol–water partition coefficient (Wildman–Crippen LogP) is 4.47. The average Bonchev–Trinajstić information content (AvgIpc) is 2.60. The molecule has 0 saturated carbocycles. The molecule has 9 heteroatoms. The molecule has 3 aromatic rings. The summed E-state index contributed by atoms with van der Waals surface area (Å²) in [5.41, 5.74) is 1.67. The summed E-state index contributed by atoms with van der Waals surface area (Å²) in [6.07, 6.45) is 2.78. The van der Waals surface area contributed by atoms with Crippen LogP contribution < -0.4 is 9.46 Å². The van der Waals surface area contributed by atoms with Crippen molar-refractivity contribution in [1.82, 2.24) is 9.97 Å². The van der Waals surface area contributed by atoms with Crippen LogP contribution >= 0.6 is 23.2 Å². The van der Waals surface area contributed by atoms with E-state index in [1.54, 1.807) is 30.3 Å². The van der Waals surface area contributed by atoms with Gasteiger partial charge in [0.1, 0.15) is 6.61 Å². The van der Waals surface area contributed by atoms with Crippen LogP contribution in [0.1, 0.15) is 11.1 Å². The van der Waals surface area contributed by atoms with Gasteiger partial charge in [-0.15, -0.1) is 0 Å². The van der Waals surface area contributed by atoms with Gasteiger partial charge in [-0.2, -0.15) is 0 Å². The Labute approximate surface area is 167 Å². The lowest BCUT2D eigenvalue weighted by molar-refractivity contribution is 0.294. The molecule has 0 saturated heterocycles. The largest absolute Gasteiger partial charge is 0.470 e. The molecule has 1 aromatic heterocycles. The highest BCUT2D eigenvalue weighted by molar-refractivity contribution is 7.92. The van der Waals surface area contributed by atoms with Crippen molar-refractivity contribution in [2.24, 2.45) is 0 Å². The van der Waals surface area contributed by atoms with Crippen molar-refractivity contribution in [3.05, 3.63) is 76.0 Å². The zero-order chi connectivity index (χ0) is 19.4. The second-order valence-corrected chi connectivity index (χ2v) is 8.25. The second-order valence-electron chi connectivity index (χ2n) is 5.70. The molecule has 0 fully saturated rings. The van der Waals surface area contributed by atoms with Gasteiger partial charge >= 0.3 is 0 Å². The van der Waals surface area contributed by atoms with Crippen LogP contribution in [0.25, 0.3) is 0 Å². The van der Waals surface area contributed by atoms with Crippen molar-refractivity contribution < 1.29 is 13.2 Å². The van der Waals surface area contributed by atoms with Crippen molar-refractivity contribution in [1.29, 1.82) is 0 Å². The van der Waals surface area contributed by atoms with Crippen molar-refractivity contribution in [2.45, 2.75) is 18.4 Å². The Bertz CT molecular complexity index is 1040. The molecule has 0 atom stereocenters. The molecule has 27 heavy (non-hydrogen) atoms. The molecule has 140 valence electrons. The van der Waals surface area contributed by atoms with Crippen LogP contribution in [0.3, 0.4) is 0 Å². The average molecular weight is 424 g/mol. The van der Waals surface area contributed by atoms with Gasteiger partial charge in [0.05, 0.1) is 4.90 Å². The molecule has 0 aliphatic carbocycles. The lowest BCUT2D eigenvalue weighted by atomic mass is 10.2. The molecule has 1 N–H and O–H groups in total. The molecule has 6 nitrogen and oxygen atoms in total. The fourth-order valence-electron chi connectivity index (χ4n) is 2.25. The highest BCUT2D eigenvalue weighted by atomic mass is 35.5. The quantitative estimate of drug-likeness (QED) is 0.632. The van der Waals surface area contributed by atoms with E-state index in [-0.39, 0.29) is 23.2 Å². The number of aryl methyl sites for hydroxylation is 1. The van der Waals surface area contributed by atoms with Gasteiger partial charge < -0.3 is 4.74 Å². The Kier molecular flexibility index (Phi) is 5.84. The lowest BCUT2D eigenvalue weighted by Crippen LogP contribution is -2.15. The summed E-state index contributed by atoms with van der Waals surface area (Å²) in [6, 6.07) is 11.5. The maximum atomic E-state index is 12.6. The smallest absolute Gasteiger partial charge is 0.263 e. The summed E-state index contributed by atoms with van der Waals surface area (Å²) < 4.78 is 33.1. The van der Waals surface area contributed by atoms with Crippen LogP contribution in [0.5, 0.6) is 5.88 Å². The van der Waals surface area contributed by atoms with Crippen LogP contribution in [0.4, 0.5) is 5.82 Å². The third kappa shape index (κ3) is 5.09. The van der Waals surface area contributed by atoms with Crippen LogP contribution in [-0.4, -0.2) is 18.4 Å². The Morgan fingerprint density at radius 1 is 1.00 bits per heavy atom. The molecular weight excluding hydrogens is 409 g/mol. The maximum absolute atomic E-state index is 12.6. The first-order valence-corrected chi connectivity index (χ1v) is 10.1. The van der Waals surface area contributed by atoms with E-state index in [1.807, 2.05) is 6.92 Å². The van der Waals surface area contributed by atoms with Crippen LogP contribution in [0.15, 0.2) is 59.8 Å². The van der Waals surface area contributed by atoms with E-state index in [0.29, 0.717) is 15.6 Å². The number of halogens is 2. The van der Waals surface area contributed by atoms with Crippen molar-refractivity contribution in [3.8, 4) is 5.88 Å². The Balaban J connectivity index is 1.80. The zero-order valence-corrected chi connectivity index (χ0v) is 16.5. The number of anilines is 1. The van der Waals surface area contributed by atoms with Gasteiger partial charge in [-0.3, -0.25) is 4.72 Å². The van der Waals surface area contributed by atoms with E-state index in [0.717, 1.165) is 5.56 Å². The van der Waals surface area contributed by atoms with Gasteiger partial charge in [0, 0.05) is 22.4 Å². The number of ether oxygens (including phenoxy) is 1. The number of nitrogens with zero attached hydrogens (tertiary/aromatic N) is 2. The van der Waals surface area contributed by atoms with Crippen LogP contribution in [0.2, 0.25) is 10.0 Å². The summed E-state index contributed by atoms with van der Waals surface area (Å²) in [5, 5.41) is 0.945. The topological polar surface area (TPSA) is 81.2 Å². The van der Waals surface area contributed by atoms with Gasteiger partial charge in [-0.05, 0) is 42.8 Å². The number of nitrogens with one attached hydrogen (secondary N) is 1. The fraction of sp³-hybridized carbons (Fsp3) is 0.111. The highest BCUT2D eigenvalue weighted by Crippen LogP contribution is 2.24. The number of aromatic nitrogens is 2. The Hall–Kier alpha value is -2.35. The van der Waals surface area contributed by atoms with Crippen molar-refractivity contribution in [2.75, 3.05) is 4.72 Å². The summed E-state index contributed by atoms with van der Waals surface area (Å²) >= 11 is 11.9. The van der Waals surface area contributed by atoms with E-state index in [4.69, 9.17) is 27.9 Å². The minimum Gasteiger partial charge on any atom is -0.470 e. The first kappa shape index (κ1) is 19.4. The number of rotatable bonds is 6. The van der Waals surface area contributed by atoms with Gasteiger partial charge in [0.15, 0.2) is 0 Å². The third-order valence-corrected chi connectivity index (χ3v) is 5.32. The summed E-state index contributed by atoms with van der Waals surface area (Å²) in [7, 11) is -3.82. The van der Waals surface area contributed by atoms with E-state index in [2.05, 4.69) is 14.7 Å². The van der Waals surface area contributed by atoms with Gasteiger partial charge in [-0.25, -0.2) is 18.4 Å². The SMILES string of the molecule is Cc1ccc(S(=O)(=O)Nc2nccnc2OCc2cc(Cl)cc(Cl)c2)cc1. The fourth-order valence-corrected chi connectivity index (χ4v) is 3.83. The molecule has 2 aromatic carbocycles. The molecule has 1 heterocycles. The van der Waals surface area contributed by atoms with Crippen LogP contribution in [0, 0.1) is 6.92 Å². The number of benzene rings is 2. The number of hydrogen-bond acceptors (Lipinski definition) is 5. The zero-order valence-electron chi connectivity index (χ0n) is 14.2. The van der Waals surface area contributed by atoms with E-state index < -0.39 is 10.0 Å². The number of sulfonamides is 1. The molecule has 0 aliphatic rings. The van der Waals surface area contributed by atoms with Gasteiger partial charge in [0.2, 0.25) is 5.82 Å². The monoisotopic (exact) mass is 423 g/mol. The molecule has 3 rings (SSSR count). The predicted molar refractivity (Wildman–Crippen MR) is 105 cm³/mol. The number of hydrogen-bond donors (Lipinski definition) is 1. The van der Waals surface area contributed by atoms with E-state index in [9.17, 15) is 8.42 Å². The molecule has 0 aliphatic heterocycles. The Morgan fingerprint density at radius 3 is 2.30 bits per heavy atom. The van der Waals surface area contributed by atoms with E-state index in [1.165, 1.54) is 24.5 Å². The standard InChI is InChI=1S/C18H15Cl2N3O3S/c1-12-2-4-16(5-3-12)27(24,25)23-17-18(22-7-6-21-17)26-11-13-8-14(19)10-15(20)9-13/h2-10H,11H2,1H3,(H,21,23). The molecule has 0 radical (unpaired) electrons. The molecule has 0 amide bonds. The summed E-state index contributed by atoms with van der Waals surface area (Å²) in [5.74, 6) is 0.0375. The summed E-state index contributed by atoms with van der Waals surface area (Å²) in [6.45, 7) is 1.97.